The number of nitrogens with zero attached hydrogens (tertiary/aromatic N) is 2. The normalized spacial score (nSPS) is 16.4. The highest BCUT2D eigenvalue weighted by Gasteiger charge is 2.23. The topological polar surface area (TPSA) is 66.0 Å². The van der Waals surface area contributed by atoms with Crippen LogP contribution in [-0.2, 0) is 22.6 Å². The first-order valence-electron chi connectivity index (χ1n) is 10.3. The molecule has 1 fully saturated rings. The fourth-order valence-corrected chi connectivity index (χ4v) is 3.37. The molecule has 1 heterocycles. The van der Waals surface area contributed by atoms with Gasteiger partial charge in [0.15, 0.2) is 5.96 Å². The van der Waals surface area contributed by atoms with E-state index in [1.54, 1.807) is 6.07 Å². The standard InChI is InChI=1S/C23H29FN4O2/c1-3-25-23(28(2)16-18-8-4-9-19(24)13-18)26-15-17-7-5-10-20(14-17)27-22(29)21-11-6-12-30-21/h4-5,7-10,13-14,21H,3,6,11-12,15-16H2,1-2H3,(H,25,26)(H,27,29). The zero-order chi connectivity index (χ0) is 21.3. The van der Waals surface area contributed by atoms with Crippen molar-refractivity contribution >= 4 is 17.6 Å². The molecule has 2 aromatic carbocycles. The van der Waals surface area contributed by atoms with Crippen LogP contribution in [0, 0.1) is 5.82 Å². The van der Waals surface area contributed by atoms with E-state index in [1.165, 1.54) is 12.1 Å². The minimum absolute atomic E-state index is 0.101. The molecule has 1 aliphatic heterocycles. The van der Waals surface area contributed by atoms with E-state index in [-0.39, 0.29) is 17.8 Å². The van der Waals surface area contributed by atoms with Gasteiger partial charge in [0.25, 0.3) is 5.91 Å². The van der Waals surface area contributed by atoms with Gasteiger partial charge >= 0.3 is 0 Å². The van der Waals surface area contributed by atoms with Crippen molar-refractivity contribution in [3.05, 3.63) is 65.5 Å². The lowest BCUT2D eigenvalue weighted by atomic mass is 10.2. The molecule has 2 N–H and O–H groups in total. The molecule has 0 aromatic heterocycles. The summed E-state index contributed by atoms with van der Waals surface area (Å²) in [7, 11) is 1.92. The van der Waals surface area contributed by atoms with Gasteiger partial charge in [-0.1, -0.05) is 24.3 Å². The van der Waals surface area contributed by atoms with Gasteiger partial charge in [0.2, 0.25) is 0 Å². The van der Waals surface area contributed by atoms with Crippen LogP contribution in [-0.4, -0.2) is 43.1 Å². The Morgan fingerprint density at radius 3 is 2.77 bits per heavy atom. The molecule has 0 radical (unpaired) electrons. The third-order valence-corrected chi connectivity index (χ3v) is 4.83. The molecular formula is C23H29FN4O2. The van der Waals surface area contributed by atoms with Crippen LogP contribution in [0.2, 0.25) is 0 Å². The van der Waals surface area contributed by atoms with E-state index >= 15 is 0 Å². The molecule has 1 aliphatic rings. The molecule has 160 valence electrons. The third kappa shape index (κ3) is 6.29. The van der Waals surface area contributed by atoms with Crippen molar-refractivity contribution in [2.45, 2.75) is 39.0 Å². The van der Waals surface area contributed by atoms with Gasteiger partial charge in [-0.15, -0.1) is 0 Å². The summed E-state index contributed by atoms with van der Waals surface area (Å²) >= 11 is 0. The Labute approximate surface area is 177 Å². The predicted octanol–water partition coefficient (Wildman–Crippen LogP) is 3.54. The van der Waals surface area contributed by atoms with Gasteiger partial charge in [-0.2, -0.15) is 0 Å². The number of aliphatic imine (C=N–C) groups is 1. The van der Waals surface area contributed by atoms with Crippen molar-refractivity contribution in [3.8, 4) is 0 Å². The average Bonchev–Trinajstić information content (AvgIpc) is 3.26. The quantitative estimate of drug-likeness (QED) is 0.539. The van der Waals surface area contributed by atoms with Crippen LogP contribution in [0.3, 0.4) is 0 Å². The van der Waals surface area contributed by atoms with Gasteiger partial charge in [-0.05, 0) is 55.2 Å². The molecule has 0 saturated carbocycles. The fourth-order valence-electron chi connectivity index (χ4n) is 3.37. The Kier molecular flexibility index (Phi) is 7.79. The Morgan fingerprint density at radius 1 is 1.23 bits per heavy atom. The van der Waals surface area contributed by atoms with Crippen LogP contribution in [0.4, 0.5) is 10.1 Å². The van der Waals surface area contributed by atoms with Crippen molar-refractivity contribution in [2.24, 2.45) is 4.99 Å². The molecule has 1 amide bonds. The van der Waals surface area contributed by atoms with Gasteiger partial charge in [0.05, 0.1) is 6.54 Å². The molecule has 0 aliphatic carbocycles. The van der Waals surface area contributed by atoms with Gasteiger partial charge in [0.1, 0.15) is 11.9 Å². The number of benzene rings is 2. The van der Waals surface area contributed by atoms with Crippen molar-refractivity contribution in [1.82, 2.24) is 10.2 Å². The van der Waals surface area contributed by atoms with E-state index in [0.717, 1.165) is 42.2 Å². The second-order valence-electron chi connectivity index (χ2n) is 7.35. The highest BCUT2D eigenvalue weighted by atomic mass is 19.1. The van der Waals surface area contributed by atoms with Crippen LogP contribution in [0.15, 0.2) is 53.5 Å². The number of nitrogens with one attached hydrogen (secondary N) is 2. The van der Waals surface area contributed by atoms with E-state index in [4.69, 9.17) is 9.73 Å². The maximum atomic E-state index is 13.5. The molecule has 1 saturated heterocycles. The first-order valence-corrected chi connectivity index (χ1v) is 10.3. The molecule has 2 aromatic rings. The molecule has 3 rings (SSSR count). The summed E-state index contributed by atoms with van der Waals surface area (Å²) in [6.45, 7) is 4.38. The monoisotopic (exact) mass is 412 g/mol. The van der Waals surface area contributed by atoms with E-state index in [2.05, 4.69) is 10.6 Å². The number of halogens is 1. The van der Waals surface area contributed by atoms with Crippen molar-refractivity contribution < 1.29 is 13.9 Å². The number of rotatable bonds is 7. The Hall–Kier alpha value is -2.93. The summed E-state index contributed by atoms with van der Waals surface area (Å²) in [5, 5.41) is 6.19. The van der Waals surface area contributed by atoms with Crippen LogP contribution >= 0.6 is 0 Å². The third-order valence-electron chi connectivity index (χ3n) is 4.83. The van der Waals surface area contributed by atoms with E-state index in [0.29, 0.717) is 19.7 Å². The Morgan fingerprint density at radius 2 is 2.03 bits per heavy atom. The van der Waals surface area contributed by atoms with Crippen LogP contribution < -0.4 is 10.6 Å². The lowest BCUT2D eigenvalue weighted by Crippen LogP contribution is -2.38. The number of anilines is 1. The zero-order valence-electron chi connectivity index (χ0n) is 17.5. The number of amides is 1. The number of hydrogen-bond acceptors (Lipinski definition) is 3. The maximum absolute atomic E-state index is 13.5. The van der Waals surface area contributed by atoms with Crippen molar-refractivity contribution in [3.63, 3.8) is 0 Å². The second kappa shape index (κ2) is 10.7. The molecule has 6 nitrogen and oxygen atoms in total. The molecule has 7 heteroatoms. The number of hydrogen-bond donors (Lipinski definition) is 2. The summed E-state index contributed by atoms with van der Waals surface area (Å²) in [6.07, 6.45) is 1.33. The summed E-state index contributed by atoms with van der Waals surface area (Å²) in [5.41, 5.74) is 2.60. The first-order chi connectivity index (χ1) is 14.5. The number of carbonyl (C=O) groups is 1. The lowest BCUT2D eigenvalue weighted by Gasteiger charge is -2.22. The highest BCUT2D eigenvalue weighted by Crippen LogP contribution is 2.17. The van der Waals surface area contributed by atoms with E-state index < -0.39 is 0 Å². The summed E-state index contributed by atoms with van der Waals surface area (Å²) in [6, 6.07) is 14.2. The number of carbonyl (C=O) groups excluding carboxylic acids is 1. The highest BCUT2D eigenvalue weighted by molar-refractivity contribution is 5.94. The van der Waals surface area contributed by atoms with Crippen molar-refractivity contribution in [2.75, 3.05) is 25.5 Å². The van der Waals surface area contributed by atoms with E-state index in [1.807, 2.05) is 49.2 Å². The van der Waals surface area contributed by atoms with E-state index in [9.17, 15) is 9.18 Å². The zero-order valence-corrected chi connectivity index (χ0v) is 17.5. The maximum Gasteiger partial charge on any atom is 0.253 e. The summed E-state index contributed by atoms with van der Waals surface area (Å²) in [4.78, 5) is 18.9. The molecule has 0 bridgehead atoms. The first kappa shape index (κ1) is 21.8. The van der Waals surface area contributed by atoms with Gasteiger partial charge in [-0.25, -0.2) is 9.38 Å². The minimum atomic E-state index is -0.358. The summed E-state index contributed by atoms with van der Waals surface area (Å²) in [5.74, 6) is 0.386. The fraction of sp³-hybridized carbons (Fsp3) is 0.391. The molecule has 1 unspecified atom stereocenters. The number of guanidine groups is 1. The van der Waals surface area contributed by atoms with Crippen LogP contribution in [0.25, 0.3) is 0 Å². The minimum Gasteiger partial charge on any atom is -0.368 e. The lowest BCUT2D eigenvalue weighted by molar-refractivity contribution is -0.124. The van der Waals surface area contributed by atoms with Gasteiger partial charge in [-0.3, -0.25) is 4.79 Å². The predicted molar refractivity (Wildman–Crippen MR) is 117 cm³/mol. The van der Waals surface area contributed by atoms with Gasteiger partial charge < -0.3 is 20.3 Å². The second-order valence-corrected chi connectivity index (χ2v) is 7.35. The molecular weight excluding hydrogens is 383 g/mol. The summed E-state index contributed by atoms with van der Waals surface area (Å²) < 4.78 is 18.9. The van der Waals surface area contributed by atoms with Gasteiger partial charge in [0, 0.05) is 32.4 Å². The molecule has 30 heavy (non-hydrogen) atoms. The largest absolute Gasteiger partial charge is 0.368 e. The van der Waals surface area contributed by atoms with Crippen LogP contribution in [0.1, 0.15) is 30.9 Å². The van der Waals surface area contributed by atoms with Crippen molar-refractivity contribution in [1.29, 1.82) is 0 Å². The Bertz CT molecular complexity index is 881. The molecule has 1 atom stereocenters. The Balaban J connectivity index is 1.64. The SMILES string of the molecule is CCNC(=NCc1cccc(NC(=O)C2CCCO2)c1)N(C)Cc1cccc(F)c1. The number of ether oxygens (including phenoxy) is 1. The smallest absolute Gasteiger partial charge is 0.253 e. The molecule has 0 spiro atoms. The average molecular weight is 413 g/mol. The van der Waals surface area contributed by atoms with Crippen LogP contribution in [0.5, 0.6) is 0 Å².